The number of hydrogen-bond acceptors (Lipinski definition) is 5. The first kappa shape index (κ1) is 17.5. The van der Waals surface area contributed by atoms with Crippen LogP contribution < -0.4 is 15.4 Å². The van der Waals surface area contributed by atoms with Crippen LogP contribution in [0.15, 0.2) is 24.5 Å². The minimum Gasteiger partial charge on any atom is -0.495 e. The Bertz CT molecular complexity index is 758. The first-order valence-electron chi connectivity index (χ1n) is 8.31. The molecule has 1 aliphatic rings. The maximum Gasteiger partial charge on any atom is 0.258 e. The molecule has 7 heteroatoms. The highest BCUT2D eigenvalue weighted by atomic mass is 35.5. The average Bonchev–Trinajstić information content (AvgIpc) is 3.11. The Balaban J connectivity index is 1.70. The number of carbonyl (C=O) groups is 1. The van der Waals surface area contributed by atoms with E-state index in [0.29, 0.717) is 34.0 Å². The fourth-order valence-electron chi connectivity index (χ4n) is 2.90. The summed E-state index contributed by atoms with van der Waals surface area (Å²) in [4.78, 5) is 20.9. The number of carbonyl (C=O) groups excluding carboxylic acids is 1. The van der Waals surface area contributed by atoms with Crippen molar-refractivity contribution in [3.63, 3.8) is 0 Å². The van der Waals surface area contributed by atoms with E-state index < -0.39 is 0 Å². The lowest BCUT2D eigenvalue weighted by atomic mass is 10.2. The molecule has 1 saturated carbocycles. The molecule has 0 atom stereocenters. The molecule has 132 valence electrons. The van der Waals surface area contributed by atoms with Crippen LogP contribution in [-0.4, -0.2) is 29.0 Å². The summed E-state index contributed by atoms with van der Waals surface area (Å²) < 4.78 is 5.27. The first-order valence-corrected chi connectivity index (χ1v) is 8.68. The molecular formula is C18H21ClN4O2. The fourth-order valence-corrected chi connectivity index (χ4v) is 3.05. The lowest BCUT2D eigenvalue weighted by Gasteiger charge is -2.13. The number of ether oxygens (including phenoxy) is 1. The van der Waals surface area contributed by atoms with Crippen LogP contribution >= 0.6 is 11.6 Å². The first-order chi connectivity index (χ1) is 12.1. The van der Waals surface area contributed by atoms with Crippen LogP contribution in [0.1, 0.15) is 41.6 Å². The van der Waals surface area contributed by atoms with E-state index in [2.05, 4.69) is 20.6 Å². The predicted molar refractivity (Wildman–Crippen MR) is 98.6 cm³/mol. The topological polar surface area (TPSA) is 76.1 Å². The zero-order valence-corrected chi connectivity index (χ0v) is 15.1. The van der Waals surface area contributed by atoms with Crippen molar-refractivity contribution >= 4 is 29.1 Å². The third kappa shape index (κ3) is 4.20. The fraction of sp³-hybridized carbons (Fsp3) is 0.389. The summed E-state index contributed by atoms with van der Waals surface area (Å²) in [7, 11) is 1.53. The number of aromatic nitrogens is 2. The van der Waals surface area contributed by atoms with Gasteiger partial charge in [-0.15, -0.1) is 0 Å². The summed E-state index contributed by atoms with van der Waals surface area (Å²) >= 11 is 6.09. The second-order valence-electron chi connectivity index (χ2n) is 6.18. The third-order valence-electron chi connectivity index (χ3n) is 4.33. The normalized spacial score (nSPS) is 14.4. The number of nitrogens with zero attached hydrogens (tertiary/aromatic N) is 2. The van der Waals surface area contributed by atoms with Gasteiger partial charge >= 0.3 is 0 Å². The molecule has 3 rings (SSSR count). The summed E-state index contributed by atoms with van der Waals surface area (Å²) in [5.74, 6) is 0.764. The van der Waals surface area contributed by atoms with E-state index >= 15 is 0 Å². The van der Waals surface area contributed by atoms with Gasteiger partial charge in [-0.1, -0.05) is 24.4 Å². The summed E-state index contributed by atoms with van der Waals surface area (Å²) in [6.07, 6.45) is 7.80. The lowest BCUT2D eigenvalue weighted by molar-refractivity contribution is 0.102. The number of aryl methyl sites for hydroxylation is 1. The van der Waals surface area contributed by atoms with Crippen molar-refractivity contribution in [3.05, 3.63) is 40.7 Å². The van der Waals surface area contributed by atoms with E-state index in [4.69, 9.17) is 16.3 Å². The van der Waals surface area contributed by atoms with Crippen LogP contribution in [0.5, 0.6) is 5.75 Å². The van der Waals surface area contributed by atoms with Crippen molar-refractivity contribution in [1.29, 1.82) is 0 Å². The maximum atomic E-state index is 12.4. The third-order valence-corrected chi connectivity index (χ3v) is 4.74. The highest BCUT2D eigenvalue weighted by molar-refractivity contribution is 6.31. The predicted octanol–water partition coefficient (Wildman–Crippen LogP) is 4.05. The van der Waals surface area contributed by atoms with E-state index in [-0.39, 0.29) is 5.91 Å². The molecule has 0 radical (unpaired) electrons. The van der Waals surface area contributed by atoms with Gasteiger partial charge in [0, 0.05) is 29.5 Å². The number of methoxy groups -OCH3 is 1. The molecule has 0 bridgehead atoms. The molecule has 1 fully saturated rings. The van der Waals surface area contributed by atoms with Crippen LogP contribution in [0, 0.1) is 6.92 Å². The molecule has 1 heterocycles. The lowest BCUT2D eigenvalue weighted by Crippen LogP contribution is -2.18. The number of rotatable bonds is 5. The molecule has 0 saturated heterocycles. The highest BCUT2D eigenvalue weighted by Crippen LogP contribution is 2.31. The molecule has 1 aromatic heterocycles. The van der Waals surface area contributed by atoms with Gasteiger partial charge < -0.3 is 15.4 Å². The molecular weight excluding hydrogens is 340 g/mol. The van der Waals surface area contributed by atoms with Crippen LogP contribution in [0.25, 0.3) is 0 Å². The van der Waals surface area contributed by atoms with Crippen molar-refractivity contribution in [1.82, 2.24) is 9.97 Å². The molecule has 1 aliphatic carbocycles. The Morgan fingerprint density at radius 3 is 2.56 bits per heavy atom. The zero-order valence-electron chi connectivity index (χ0n) is 14.3. The molecule has 1 amide bonds. The second kappa shape index (κ2) is 7.70. The van der Waals surface area contributed by atoms with Crippen molar-refractivity contribution < 1.29 is 9.53 Å². The molecule has 0 spiro atoms. The Hall–Kier alpha value is -2.34. The van der Waals surface area contributed by atoms with Gasteiger partial charge in [-0.2, -0.15) is 0 Å². The average molecular weight is 361 g/mol. The Kier molecular flexibility index (Phi) is 5.38. The molecule has 0 aliphatic heterocycles. The SMILES string of the molecule is COc1cc(Cl)c(C)cc1NC(=O)c1cnc(NC2CCCC2)nc1. The monoisotopic (exact) mass is 360 g/mol. The Morgan fingerprint density at radius 1 is 1.24 bits per heavy atom. The van der Waals surface area contributed by atoms with Crippen LogP contribution in [0.2, 0.25) is 5.02 Å². The standard InChI is InChI=1S/C18H21ClN4O2/c1-11-7-15(16(25-2)8-14(11)19)23-17(24)12-9-20-18(21-10-12)22-13-5-3-4-6-13/h7-10,13H,3-6H2,1-2H3,(H,23,24)(H,20,21,22). The number of anilines is 2. The van der Waals surface area contributed by atoms with Crippen molar-refractivity contribution in [2.24, 2.45) is 0 Å². The van der Waals surface area contributed by atoms with E-state index in [9.17, 15) is 4.79 Å². The number of hydrogen-bond donors (Lipinski definition) is 2. The molecule has 1 aromatic carbocycles. The van der Waals surface area contributed by atoms with Gasteiger partial charge in [0.05, 0.1) is 18.4 Å². The molecule has 2 N–H and O–H groups in total. The largest absolute Gasteiger partial charge is 0.495 e. The summed E-state index contributed by atoms with van der Waals surface area (Å²) in [5, 5.41) is 6.70. The molecule has 0 unspecified atom stereocenters. The van der Waals surface area contributed by atoms with E-state index in [0.717, 1.165) is 18.4 Å². The van der Waals surface area contributed by atoms with Gasteiger partial charge in [-0.25, -0.2) is 9.97 Å². The van der Waals surface area contributed by atoms with Gasteiger partial charge in [0.15, 0.2) is 0 Å². The van der Waals surface area contributed by atoms with E-state index in [1.54, 1.807) is 12.1 Å². The summed E-state index contributed by atoms with van der Waals surface area (Å²) in [6.45, 7) is 1.87. The van der Waals surface area contributed by atoms with Crippen molar-refractivity contribution in [2.45, 2.75) is 38.6 Å². The number of amides is 1. The minimum atomic E-state index is -0.299. The molecule has 6 nitrogen and oxygen atoms in total. The van der Waals surface area contributed by atoms with Gasteiger partial charge in [0.2, 0.25) is 5.95 Å². The van der Waals surface area contributed by atoms with E-state index in [1.165, 1.54) is 32.3 Å². The molecule has 25 heavy (non-hydrogen) atoms. The van der Waals surface area contributed by atoms with Crippen LogP contribution in [0.3, 0.4) is 0 Å². The Morgan fingerprint density at radius 2 is 1.92 bits per heavy atom. The number of benzene rings is 1. The maximum absolute atomic E-state index is 12.4. The molecule has 2 aromatic rings. The van der Waals surface area contributed by atoms with Crippen LogP contribution in [-0.2, 0) is 0 Å². The second-order valence-corrected chi connectivity index (χ2v) is 6.58. The highest BCUT2D eigenvalue weighted by Gasteiger charge is 2.16. The van der Waals surface area contributed by atoms with Crippen molar-refractivity contribution in [2.75, 3.05) is 17.7 Å². The Labute approximate surface area is 152 Å². The summed E-state index contributed by atoms with van der Waals surface area (Å²) in [6, 6.07) is 3.88. The van der Waals surface area contributed by atoms with Crippen molar-refractivity contribution in [3.8, 4) is 5.75 Å². The minimum absolute atomic E-state index is 0.299. The van der Waals surface area contributed by atoms with Gasteiger partial charge in [0.25, 0.3) is 5.91 Å². The quantitative estimate of drug-likeness (QED) is 0.841. The van der Waals surface area contributed by atoms with Gasteiger partial charge in [-0.05, 0) is 31.4 Å². The number of halogens is 1. The van der Waals surface area contributed by atoms with Gasteiger partial charge in [0.1, 0.15) is 5.75 Å². The smallest absolute Gasteiger partial charge is 0.258 e. The summed E-state index contributed by atoms with van der Waals surface area (Å²) in [5.41, 5.74) is 1.79. The van der Waals surface area contributed by atoms with Crippen LogP contribution in [0.4, 0.5) is 11.6 Å². The van der Waals surface area contributed by atoms with E-state index in [1.807, 2.05) is 6.92 Å². The number of nitrogens with one attached hydrogen (secondary N) is 2. The van der Waals surface area contributed by atoms with Gasteiger partial charge in [-0.3, -0.25) is 4.79 Å². The zero-order chi connectivity index (χ0) is 17.8.